The SMILES string of the molecule is Cc1ccccc1-n1c(C)c2[n+](c1-c1c(C)cccc1C)C(c1ccccc1)(C1CCCCC1)c1ccccc1-2. The Balaban J connectivity index is 1.72. The number of hydrogen-bond acceptors (Lipinski definition) is 0. The molecule has 1 saturated carbocycles. The van der Waals surface area contributed by atoms with Crippen LogP contribution in [0.15, 0.2) is 97.1 Å². The minimum absolute atomic E-state index is 0.268. The van der Waals surface area contributed by atoms with Crippen LogP contribution in [0.5, 0.6) is 0 Å². The number of aromatic nitrogens is 2. The van der Waals surface area contributed by atoms with E-state index in [0.717, 1.165) is 0 Å². The van der Waals surface area contributed by atoms with Crippen molar-refractivity contribution in [2.45, 2.75) is 65.3 Å². The first-order chi connectivity index (χ1) is 19.5. The van der Waals surface area contributed by atoms with Crippen molar-refractivity contribution in [2.75, 3.05) is 0 Å². The van der Waals surface area contributed by atoms with Gasteiger partial charge >= 0.3 is 0 Å². The Kier molecular flexibility index (Phi) is 6.04. The van der Waals surface area contributed by atoms with Crippen molar-refractivity contribution in [1.82, 2.24) is 4.57 Å². The van der Waals surface area contributed by atoms with E-state index < -0.39 is 0 Å². The Hall–Kier alpha value is -3.91. The van der Waals surface area contributed by atoms with Gasteiger partial charge in [-0.25, -0.2) is 4.57 Å². The number of para-hydroxylation sites is 1. The Morgan fingerprint density at radius 3 is 2.00 bits per heavy atom. The zero-order valence-corrected chi connectivity index (χ0v) is 24.2. The van der Waals surface area contributed by atoms with Crippen LogP contribution < -0.4 is 4.57 Å². The molecule has 2 aliphatic rings. The first-order valence-electron chi connectivity index (χ1n) is 15.0. The van der Waals surface area contributed by atoms with E-state index >= 15 is 0 Å². The summed E-state index contributed by atoms with van der Waals surface area (Å²) in [5.74, 6) is 1.83. The maximum absolute atomic E-state index is 2.81. The van der Waals surface area contributed by atoms with Crippen molar-refractivity contribution in [2.24, 2.45) is 5.92 Å². The van der Waals surface area contributed by atoms with Gasteiger partial charge in [-0.2, -0.15) is 4.57 Å². The fourth-order valence-electron chi connectivity index (χ4n) is 8.07. The molecule has 2 heteroatoms. The third-order valence-electron chi connectivity index (χ3n) is 9.74. The molecule has 1 fully saturated rings. The van der Waals surface area contributed by atoms with E-state index in [1.165, 1.54) is 93.9 Å². The molecular formula is C38H39N2+. The van der Waals surface area contributed by atoms with E-state index in [1.807, 2.05) is 0 Å². The molecule has 1 aliphatic carbocycles. The molecule has 7 rings (SSSR count). The summed E-state index contributed by atoms with van der Waals surface area (Å²) in [4.78, 5) is 0. The van der Waals surface area contributed by atoms with Gasteiger partial charge in [0.05, 0.1) is 5.56 Å². The predicted molar refractivity (Wildman–Crippen MR) is 165 cm³/mol. The zero-order valence-electron chi connectivity index (χ0n) is 24.2. The van der Waals surface area contributed by atoms with Crippen LogP contribution in [0.1, 0.15) is 65.6 Å². The van der Waals surface area contributed by atoms with Crippen LogP contribution in [0.2, 0.25) is 0 Å². The number of rotatable bonds is 4. The molecule has 0 bridgehead atoms. The fourth-order valence-corrected chi connectivity index (χ4v) is 8.07. The van der Waals surface area contributed by atoms with Crippen LogP contribution in [0.3, 0.4) is 0 Å². The molecule has 2 heterocycles. The second kappa shape index (κ2) is 9.63. The highest BCUT2D eigenvalue weighted by atomic mass is 15.2. The van der Waals surface area contributed by atoms with Crippen LogP contribution >= 0.6 is 0 Å². The minimum atomic E-state index is -0.268. The molecule has 1 unspecified atom stereocenters. The van der Waals surface area contributed by atoms with Gasteiger partial charge in [0.25, 0.3) is 5.82 Å². The summed E-state index contributed by atoms with van der Waals surface area (Å²) in [6.07, 6.45) is 6.43. The zero-order chi connectivity index (χ0) is 27.4. The number of nitrogens with zero attached hydrogens (tertiary/aromatic N) is 2. The smallest absolute Gasteiger partial charge is 0.208 e. The predicted octanol–water partition coefficient (Wildman–Crippen LogP) is 9.02. The van der Waals surface area contributed by atoms with Crippen molar-refractivity contribution in [3.8, 4) is 28.3 Å². The summed E-state index contributed by atoms with van der Waals surface area (Å²) >= 11 is 0. The highest BCUT2D eigenvalue weighted by Crippen LogP contribution is 2.53. The lowest BCUT2D eigenvalue weighted by molar-refractivity contribution is -0.726. The van der Waals surface area contributed by atoms with Crippen molar-refractivity contribution in [3.63, 3.8) is 0 Å². The molecule has 2 nitrogen and oxygen atoms in total. The number of imidazole rings is 1. The lowest BCUT2D eigenvalue weighted by Crippen LogP contribution is -2.61. The molecule has 0 amide bonds. The van der Waals surface area contributed by atoms with Gasteiger partial charge in [-0.05, 0) is 56.4 Å². The summed E-state index contributed by atoms with van der Waals surface area (Å²) in [5, 5.41) is 0. The normalized spacial score (nSPS) is 18.5. The molecule has 40 heavy (non-hydrogen) atoms. The van der Waals surface area contributed by atoms with Gasteiger partial charge in [-0.3, -0.25) is 0 Å². The molecule has 1 aromatic heterocycles. The first kappa shape index (κ1) is 25.1. The molecule has 0 saturated heterocycles. The van der Waals surface area contributed by atoms with Crippen molar-refractivity contribution in [3.05, 3.63) is 131 Å². The number of aryl methyl sites for hydroxylation is 3. The molecule has 4 aromatic carbocycles. The summed E-state index contributed by atoms with van der Waals surface area (Å²) in [6.45, 7) is 9.16. The van der Waals surface area contributed by atoms with Crippen molar-refractivity contribution >= 4 is 0 Å². The molecular weight excluding hydrogens is 484 g/mol. The molecule has 0 N–H and O–H groups in total. The van der Waals surface area contributed by atoms with E-state index in [0.29, 0.717) is 5.92 Å². The van der Waals surface area contributed by atoms with Gasteiger partial charge in [-0.15, -0.1) is 0 Å². The third kappa shape index (κ3) is 3.45. The molecule has 0 spiro atoms. The largest absolute Gasteiger partial charge is 0.296 e. The Morgan fingerprint density at radius 1 is 0.650 bits per heavy atom. The second-order valence-electron chi connectivity index (χ2n) is 12.0. The Labute approximate surface area is 239 Å². The Bertz CT molecular complexity index is 1700. The number of hydrogen-bond donors (Lipinski definition) is 0. The van der Waals surface area contributed by atoms with E-state index in [4.69, 9.17) is 0 Å². The average Bonchev–Trinajstić information content (AvgIpc) is 3.45. The summed E-state index contributed by atoms with van der Waals surface area (Å²) in [5.41, 5.74) is 13.2. The summed E-state index contributed by atoms with van der Waals surface area (Å²) in [7, 11) is 0. The highest BCUT2D eigenvalue weighted by molar-refractivity contribution is 5.76. The van der Waals surface area contributed by atoms with Crippen LogP contribution in [-0.4, -0.2) is 4.57 Å². The van der Waals surface area contributed by atoms with Gasteiger partial charge in [0.15, 0.2) is 16.9 Å². The van der Waals surface area contributed by atoms with Gasteiger partial charge < -0.3 is 0 Å². The van der Waals surface area contributed by atoms with Crippen LogP contribution in [-0.2, 0) is 5.54 Å². The van der Waals surface area contributed by atoms with Crippen LogP contribution in [0.25, 0.3) is 28.3 Å². The van der Waals surface area contributed by atoms with Crippen molar-refractivity contribution < 1.29 is 4.57 Å². The van der Waals surface area contributed by atoms with Gasteiger partial charge in [-0.1, -0.05) is 110 Å². The maximum Gasteiger partial charge on any atom is 0.296 e. The molecule has 0 radical (unpaired) electrons. The van der Waals surface area contributed by atoms with E-state index in [2.05, 4.69) is 134 Å². The molecule has 200 valence electrons. The topological polar surface area (TPSA) is 8.81 Å². The van der Waals surface area contributed by atoms with E-state index in [-0.39, 0.29) is 5.54 Å². The number of benzene rings is 4. The van der Waals surface area contributed by atoms with Crippen molar-refractivity contribution in [1.29, 1.82) is 0 Å². The average molecular weight is 524 g/mol. The van der Waals surface area contributed by atoms with E-state index in [9.17, 15) is 0 Å². The second-order valence-corrected chi connectivity index (χ2v) is 12.0. The molecule has 1 atom stereocenters. The molecule has 5 aromatic rings. The minimum Gasteiger partial charge on any atom is -0.208 e. The maximum atomic E-state index is 2.81. The highest BCUT2D eigenvalue weighted by Gasteiger charge is 2.58. The fraction of sp³-hybridized carbons (Fsp3) is 0.289. The third-order valence-corrected chi connectivity index (χ3v) is 9.74. The lowest BCUT2D eigenvalue weighted by atomic mass is 9.67. The van der Waals surface area contributed by atoms with Crippen LogP contribution in [0.4, 0.5) is 0 Å². The standard InChI is InChI=1S/C38H39N2/c1-26-16-11-14-25-34(26)39-29(4)36-32-23-12-13-24-33(32)38(30-19-7-5-8-20-30,31-21-9-6-10-22-31)40(36)37(39)35-27(2)17-15-18-28(35)3/h5,7-8,11-20,23-25,31H,6,9-10,21-22H2,1-4H3/q+1. The Morgan fingerprint density at radius 2 is 1.27 bits per heavy atom. The van der Waals surface area contributed by atoms with Gasteiger partial charge in [0.2, 0.25) is 0 Å². The molecule has 1 aliphatic heterocycles. The summed E-state index contributed by atoms with van der Waals surface area (Å²) < 4.78 is 5.39. The van der Waals surface area contributed by atoms with E-state index in [1.54, 1.807) is 0 Å². The number of fused-ring (bicyclic) bond motifs is 3. The first-order valence-corrected chi connectivity index (χ1v) is 15.0. The quantitative estimate of drug-likeness (QED) is 0.208. The lowest BCUT2D eigenvalue weighted by Gasteiger charge is -2.40. The van der Waals surface area contributed by atoms with Gasteiger partial charge in [0.1, 0.15) is 5.69 Å². The summed E-state index contributed by atoms with van der Waals surface area (Å²) in [6, 6.07) is 36.4. The van der Waals surface area contributed by atoms with Crippen LogP contribution in [0, 0.1) is 33.6 Å². The monoisotopic (exact) mass is 523 g/mol. The van der Waals surface area contributed by atoms with Gasteiger partial charge in [0, 0.05) is 29.5 Å².